The molecule has 0 radical (unpaired) electrons. The van der Waals surface area contributed by atoms with E-state index in [2.05, 4.69) is 4.74 Å². The Morgan fingerprint density at radius 2 is 1.95 bits per heavy atom. The van der Waals surface area contributed by atoms with Crippen molar-refractivity contribution in [2.24, 2.45) is 0 Å². The molecule has 0 spiro atoms. The number of carbonyl (C=O) groups is 1. The van der Waals surface area contributed by atoms with Crippen LogP contribution in [-0.2, 0) is 9.53 Å². The number of methoxy groups -OCH3 is 2. The average molecular weight is 294 g/mol. The minimum absolute atomic E-state index is 0.0999. The minimum atomic E-state index is -4.77. The lowest BCUT2D eigenvalue weighted by molar-refractivity contribution is -0.225. The number of hydrogen-bond acceptors (Lipinski definition) is 4. The maximum atomic E-state index is 13.0. The van der Waals surface area contributed by atoms with Crippen molar-refractivity contribution < 1.29 is 37.3 Å². The average Bonchev–Trinajstić information content (AvgIpc) is 2.37. The Kier molecular flexibility index (Phi) is 5.20. The Labute approximate surface area is 112 Å². The van der Waals surface area contributed by atoms with E-state index in [-0.39, 0.29) is 11.3 Å². The van der Waals surface area contributed by atoms with Crippen LogP contribution in [0.15, 0.2) is 18.2 Å². The van der Waals surface area contributed by atoms with Crippen LogP contribution in [0.25, 0.3) is 0 Å². The predicted molar refractivity (Wildman–Crippen MR) is 61.9 cm³/mol. The molecule has 0 aliphatic rings. The van der Waals surface area contributed by atoms with Gasteiger partial charge in [0.1, 0.15) is 18.1 Å². The van der Waals surface area contributed by atoms with Gasteiger partial charge in [0.15, 0.2) is 6.10 Å². The first-order chi connectivity index (χ1) is 9.29. The van der Waals surface area contributed by atoms with Crippen molar-refractivity contribution in [3.63, 3.8) is 0 Å². The van der Waals surface area contributed by atoms with E-state index in [1.54, 1.807) is 0 Å². The van der Waals surface area contributed by atoms with Gasteiger partial charge in [0.25, 0.3) is 0 Å². The molecule has 0 aliphatic carbocycles. The molecule has 0 aliphatic heterocycles. The maximum Gasteiger partial charge on any atom is 0.419 e. The quantitative estimate of drug-likeness (QED) is 0.872. The smallest absolute Gasteiger partial charge is 0.419 e. The maximum absolute atomic E-state index is 13.0. The van der Waals surface area contributed by atoms with E-state index in [9.17, 15) is 18.0 Å². The van der Waals surface area contributed by atoms with Gasteiger partial charge >= 0.3 is 12.1 Å². The zero-order chi connectivity index (χ0) is 15.3. The van der Waals surface area contributed by atoms with Gasteiger partial charge in [-0.1, -0.05) is 0 Å². The van der Waals surface area contributed by atoms with Crippen molar-refractivity contribution in [3.05, 3.63) is 23.8 Å². The topological polar surface area (TPSA) is 65.0 Å². The summed E-state index contributed by atoms with van der Waals surface area (Å²) in [5.41, 5.74) is -0.318. The molecule has 0 heterocycles. The summed E-state index contributed by atoms with van der Waals surface area (Å²) in [6.07, 6.45) is -7.16. The van der Waals surface area contributed by atoms with E-state index in [0.29, 0.717) is 5.75 Å². The van der Waals surface area contributed by atoms with Crippen LogP contribution in [0, 0.1) is 0 Å². The molecule has 0 saturated carbocycles. The Bertz CT molecular complexity index is 473. The second kappa shape index (κ2) is 6.47. The van der Waals surface area contributed by atoms with E-state index >= 15 is 0 Å². The highest BCUT2D eigenvalue weighted by atomic mass is 19.4. The molecule has 1 rings (SSSR count). The first kappa shape index (κ1) is 16.1. The second-order valence-corrected chi connectivity index (χ2v) is 3.73. The molecular formula is C12H13F3O5. The first-order valence-electron chi connectivity index (χ1n) is 5.41. The fraction of sp³-hybridized carbons (Fsp3) is 0.417. The Morgan fingerprint density at radius 1 is 1.30 bits per heavy atom. The number of alkyl halides is 3. The molecule has 112 valence electrons. The number of aliphatic carboxylic acids is 1. The molecule has 5 nitrogen and oxygen atoms in total. The standard InChI is InChI=1S/C12H13F3O5/c1-18-7-3-4-8(9(5-7)19-2)11(12(13,14)15)20-6-10(16)17/h3-5,11H,6H2,1-2H3,(H,16,17). The number of carboxylic acids is 1. The highest BCUT2D eigenvalue weighted by Crippen LogP contribution is 2.41. The first-order valence-corrected chi connectivity index (χ1v) is 5.41. The van der Waals surface area contributed by atoms with Crippen molar-refractivity contribution in [2.45, 2.75) is 12.3 Å². The van der Waals surface area contributed by atoms with Gasteiger partial charge in [-0.25, -0.2) is 4.79 Å². The summed E-state index contributed by atoms with van der Waals surface area (Å²) >= 11 is 0. The third-order valence-electron chi connectivity index (χ3n) is 2.39. The van der Waals surface area contributed by atoms with E-state index in [1.165, 1.54) is 26.4 Å². The van der Waals surface area contributed by atoms with Gasteiger partial charge in [0, 0.05) is 11.6 Å². The van der Waals surface area contributed by atoms with Gasteiger partial charge in [-0.3, -0.25) is 0 Å². The number of halogens is 3. The molecule has 0 fully saturated rings. The summed E-state index contributed by atoms with van der Waals surface area (Å²) in [5, 5.41) is 8.44. The van der Waals surface area contributed by atoms with Crippen molar-refractivity contribution in [3.8, 4) is 11.5 Å². The summed E-state index contributed by atoms with van der Waals surface area (Å²) in [4.78, 5) is 10.4. The van der Waals surface area contributed by atoms with E-state index in [0.717, 1.165) is 6.07 Å². The molecule has 0 saturated heterocycles. The molecule has 0 bridgehead atoms. The lowest BCUT2D eigenvalue weighted by atomic mass is 10.1. The van der Waals surface area contributed by atoms with Gasteiger partial charge in [0.05, 0.1) is 14.2 Å². The molecule has 1 unspecified atom stereocenters. The molecule has 20 heavy (non-hydrogen) atoms. The molecule has 1 aromatic rings. The molecule has 0 amide bonds. The number of hydrogen-bond donors (Lipinski definition) is 1. The van der Waals surface area contributed by atoms with Gasteiger partial charge < -0.3 is 19.3 Å². The van der Waals surface area contributed by atoms with Crippen LogP contribution in [0.1, 0.15) is 11.7 Å². The second-order valence-electron chi connectivity index (χ2n) is 3.73. The largest absolute Gasteiger partial charge is 0.497 e. The van der Waals surface area contributed by atoms with Gasteiger partial charge in [-0.05, 0) is 12.1 Å². The van der Waals surface area contributed by atoms with Crippen molar-refractivity contribution >= 4 is 5.97 Å². The van der Waals surface area contributed by atoms with Crippen LogP contribution in [0.4, 0.5) is 13.2 Å². The molecule has 1 atom stereocenters. The molecule has 1 N–H and O–H groups in total. The van der Waals surface area contributed by atoms with Crippen LogP contribution >= 0.6 is 0 Å². The van der Waals surface area contributed by atoms with E-state index < -0.39 is 24.9 Å². The minimum Gasteiger partial charge on any atom is -0.497 e. The highest BCUT2D eigenvalue weighted by Gasteiger charge is 2.43. The summed E-state index contributed by atoms with van der Waals surface area (Å²) in [6, 6.07) is 3.69. The van der Waals surface area contributed by atoms with Crippen LogP contribution in [0.2, 0.25) is 0 Å². The van der Waals surface area contributed by atoms with E-state index in [4.69, 9.17) is 14.6 Å². The molecular weight excluding hydrogens is 281 g/mol. The number of carboxylic acid groups (broad SMARTS) is 1. The SMILES string of the molecule is COc1ccc(C(OCC(=O)O)C(F)(F)F)c(OC)c1. The highest BCUT2D eigenvalue weighted by molar-refractivity contribution is 5.68. The molecule has 8 heteroatoms. The number of rotatable bonds is 6. The monoisotopic (exact) mass is 294 g/mol. The fourth-order valence-corrected chi connectivity index (χ4v) is 1.55. The van der Waals surface area contributed by atoms with Crippen molar-refractivity contribution in [2.75, 3.05) is 20.8 Å². The fourth-order valence-electron chi connectivity index (χ4n) is 1.55. The zero-order valence-electron chi connectivity index (χ0n) is 10.7. The summed E-state index contributed by atoms with van der Waals surface area (Å²) in [7, 11) is 2.56. The number of ether oxygens (including phenoxy) is 3. The van der Waals surface area contributed by atoms with Gasteiger partial charge in [-0.2, -0.15) is 13.2 Å². The van der Waals surface area contributed by atoms with Crippen LogP contribution < -0.4 is 9.47 Å². The molecule has 0 aromatic heterocycles. The summed E-state index contributed by atoms with van der Waals surface area (Å²) < 4.78 is 53.0. The van der Waals surface area contributed by atoms with Gasteiger partial charge in [-0.15, -0.1) is 0 Å². The van der Waals surface area contributed by atoms with Gasteiger partial charge in [0.2, 0.25) is 0 Å². The summed E-state index contributed by atoms with van der Waals surface area (Å²) in [6.45, 7) is -1.07. The third kappa shape index (κ3) is 4.02. The van der Waals surface area contributed by atoms with Crippen molar-refractivity contribution in [1.82, 2.24) is 0 Å². The Morgan fingerprint density at radius 3 is 2.40 bits per heavy atom. The lowest BCUT2D eigenvalue weighted by Gasteiger charge is -2.22. The van der Waals surface area contributed by atoms with Crippen LogP contribution in [0.3, 0.4) is 0 Å². The zero-order valence-corrected chi connectivity index (χ0v) is 10.7. The van der Waals surface area contributed by atoms with Crippen LogP contribution in [0.5, 0.6) is 11.5 Å². The third-order valence-corrected chi connectivity index (χ3v) is 2.39. The Balaban J connectivity index is 3.16. The predicted octanol–water partition coefficient (Wildman–Crippen LogP) is 2.41. The summed E-state index contributed by atoms with van der Waals surface area (Å²) in [5.74, 6) is -1.28. The molecule has 1 aromatic carbocycles. The lowest BCUT2D eigenvalue weighted by Crippen LogP contribution is -2.26. The Hall–Kier alpha value is -1.96. The van der Waals surface area contributed by atoms with E-state index in [1.807, 2.05) is 0 Å². The number of benzene rings is 1. The van der Waals surface area contributed by atoms with Crippen molar-refractivity contribution in [1.29, 1.82) is 0 Å². The normalized spacial score (nSPS) is 12.8. The van der Waals surface area contributed by atoms with Crippen LogP contribution in [-0.4, -0.2) is 38.1 Å².